The fourth-order valence-corrected chi connectivity index (χ4v) is 1.16. The van der Waals surface area contributed by atoms with Crippen molar-refractivity contribution in [1.29, 1.82) is 0 Å². The molecule has 5 nitrogen and oxygen atoms in total. The fourth-order valence-electron chi connectivity index (χ4n) is 1.16. The molecular weight excluding hydrogens is 166 g/mol. The van der Waals surface area contributed by atoms with Crippen LogP contribution < -0.4 is 0 Å². The highest BCUT2D eigenvalue weighted by Gasteiger charge is 2.07. The van der Waals surface area contributed by atoms with Crippen molar-refractivity contribution in [3.63, 3.8) is 0 Å². The second-order valence-corrected chi connectivity index (χ2v) is 2.68. The quantitative estimate of drug-likeness (QED) is 0.639. The molecule has 0 atom stereocenters. The van der Waals surface area contributed by atoms with Gasteiger partial charge in [-0.3, -0.25) is 4.57 Å². The van der Waals surface area contributed by atoms with E-state index in [1.165, 1.54) is 0 Å². The van der Waals surface area contributed by atoms with Gasteiger partial charge in [-0.1, -0.05) is 0 Å². The standard InChI is InChI=1S/C8H9N5/c1-6-11-12-7(2)13(6)8-9-4-3-5-10-8/h3-5H,1-2H3. The van der Waals surface area contributed by atoms with Gasteiger partial charge in [-0.2, -0.15) is 0 Å². The molecule has 0 aliphatic carbocycles. The monoisotopic (exact) mass is 175 g/mol. The number of hydrogen-bond acceptors (Lipinski definition) is 4. The summed E-state index contributed by atoms with van der Waals surface area (Å²) in [4.78, 5) is 8.23. The molecule has 2 aromatic heterocycles. The third-order valence-corrected chi connectivity index (χ3v) is 1.74. The minimum absolute atomic E-state index is 0.613. The maximum Gasteiger partial charge on any atom is 0.236 e. The molecule has 2 aromatic rings. The molecule has 0 aromatic carbocycles. The van der Waals surface area contributed by atoms with Crippen LogP contribution in [0.1, 0.15) is 11.6 Å². The Labute approximate surface area is 75.5 Å². The Balaban J connectivity index is 2.59. The smallest absolute Gasteiger partial charge is 0.236 e. The Bertz CT molecular complexity index is 386. The lowest BCUT2D eigenvalue weighted by molar-refractivity contribution is 0.854. The van der Waals surface area contributed by atoms with Crippen molar-refractivity contribution in [1.82, 2.24) is 24.7 Å². The average Bonchev–Trinajstić information content (AvgIpc) is 2.48. The zero-order valence-electron chi connectivity index (χ0n) is 7.47. The number of aromatic nitrogens is 5. The molecule has 5 heteroatoms. The molecule has 2 rings (SSSR count). The van der Waals surface area contributed by atoms with Gasteiger partial charge in [-0.05, 0) is 19.9 Å². The van der Waals surface area contributed by atoms with Crippen LogP contribution in [0.25, 0.3) is 5.95 Å². The fraction of sp³-hybridized carbons (Fsp3) is 0.250. The molecule has 0 N–H and O–H groups in total. The zero-order chi connectivity index (χ0) is 9.26. The van der Waals surface area contributed by atoms with Gasteiger partial charge < -0.3 is 0 Å². The molecule has 0 fully saturated rings. The van der Waals surface area contributed by atoms with Crippen molar-refractivity contribution in [3.05, 3.63) is 30.1 Å². The molecule has 0 aliphatic rings. The van der Waals surface area contributed by atoms with E-state index >= 15 is 0 Å². The average molecular weight is 175 g/mol. The Hall–Kier alpha value is -1.78. The summed E-state index contributed by atoms with van der Waals surface area (Å²) in [5.74, 6) is 2.20. The van der Waals surface area contributed by atoms with Gasteiger partial charge in [0.25, 0.3) is 0 Å². The Morgan fingerprint density at radius 1 is 1.00 bits per heavy atom. The number of nitrogens with zero attached hydrogens (tertiary/aromatic N) is 5. The van der Waals surface area contributed by atoms with E-state index in [0.29, 0.717) is 5.95 Å². The van der Waals surface area contributed by atoms with Gasteiger partial charge in [0.1, 0.15) is 11.6 Å². The van der Waals surface area contributed by atoms with Crippen LogP contribution >= 0.6 is 0 Å². The van der Waals surface area contributed by atoms with E-state index in [0.717, 1.165) is 11.6 Å². The highest BCUT2D eigenvalue weighted by molar-refractivity contribution is 5.15. The van der Waals surface area contributed by atoms with E-state index in [4.69, 9.17) is 0 Å². The summed E-state index contributed by atoms with van der Waals surface area (Å²) in [7, 11) is 0. The maximum atomic E-state index is 4.11. The topological polar surface area (TPSA) is 56.5 Å². The van der Waals surface area contributed by atoms with Gasteiger partial charge in [-0.15, -0.1) is 10.2 Å². The SMILES string of the molecule is Cc1nnc(C)n1-c1ncccn1. The van der Waals surface area contributed by atoms with Crippen LogP contribution in [0, 0.1) is 13.8 Å². The predicted molar refractivity (Wildman–Crippen MR) is 46.4 cm³/mol. The number of hydrogen-bond donors (Lipinski definition) is 0. The Morgan fingerprint density at radius 2 is 1.54 bits per heavy atom. The molecule has 0 amide bonds. The van der Waals surface area contributed by atoms with E-state index in [9.17, 15) is 0 Å². The van der Waals surface area contributed by atoms with Crippen LogP contribution in [0.2, 0.25) is 0 Å². The second-order valence-electron chi connectivity index (χ2n) is 2.68. The minimum Gasteiger partial charge on any atom is -0.251 e. The number of aryl methyl sites for hydroxylation is 2. The van der Waals surface area contributed by atoms with E-state index in [1.807, 2.05) is 13.8 Å². The van der Waals surface area contributed by atoms with Crippen LogP contribution in [0.3, 0.4) is 0 Å². The van der Waals surface area contributed by atoms with Gasteiger partial charge in [0.05, 0.1) is 0 Å². The minimum atomic E-state index is 0.613. The molecular formula is C8H9N5. The maximum absolute atomic E-state index is 4.11. The van der Waals surface area contributed by atoms with E-state index in [-0.39, 0.29) is 0 Å². The molecule has 0 aliphatic heterocycles. The lowest BCUT2D eigenvalue weighted by atomic mass is 10.6. The summed E-state index contributed by atoms with van der Waals surface area (Å²) >= 11 is 0. The molecule has 0 saturated heterocycles. The summed E-state index contributed by atoms with van der Waals surface area (Å²) in [6.07, 6.45) is 3.39. The molecule has 13 heavy (non-hydrogen) atoms. The van der Waals surface area contributed by atoms with Crippen molar-refractivity contribution >= 4 is 0 Å². The van der Waals surface area contributed by atoms with Crippen molar-refractivity contribution < 1.29 is 0 Å². The third kappa shape index (κ3) is 1.28. The lowest BCUT2D eigenvalue weighted by Gasteiger charge is -2.01. The van der Waals surface area contributed by atoms with Crippen molar-refractivity contribution in [2.75, 3.05) is 0 Å². The highest BCUT2D eigenvalue weighted by atomic mass is 15.3. The van der Waals surface area contributed by atoms with Gasteiger partial charge in [-0.25, -0.2) is 9.97 Å². The molecule has 0 spiro atoms. The Morgan fingerprint density at radius 3 is 2.08 bits per heavy atom. The third-order valence-electron chi connectivity index (χ3n) is 1.74. The first-order chi connectivity index (χ1) is 6.29. The first-order valence-electron chi connectivity index (χ1n) is 3.95. The Kier molecular flexibility index (Phi) is 1.77. The molecule has 0 bridgehead atoms. The van der Waals surface area contributed by atoms with Crippen molar-refractivity contribution in [2.45, 2.75) is 13.8 Å². The van der Waals surface area contributed by atoms with E-state index in [1.54, 1.807) is 23.0 Å². The van der Waals surface area contributed by atoms with Gasteiger partial charge in [0.2, 0.25) is 5.95 Å². The summed E-state index contributed by atoms with van der Waals surface area (Å²) < 4.78 is 1.81. The normalized spacial score (nSPS) is 10.3. The van der Waals surface area contributed by atoms with E-state index in [2.05, 4.69) is 20.2 Å². The first-order valence-corrected chi connectivity index (χ1v) is 3.95. The van der Waals surface area contributed by atoms with Crippen LogP contribution in [-0.2, 0) is 0 Å². The summed E-state index contributed by atoms with van der Waals surface area (Å²) in [5, 5.41) is 7.85. The predicted octanol–water partition coefficient (Wildman–Crippen LogP) is 0.674. The molecule has 0 unspecified atom stereocenters. The summed E-state index contributed by atoms with van der Waals surface area (Å²) in [6, 6.07) is 1.78. The second kappa shape index (κ2) is 2.93. The van der Waals surface area contributed by atoms with Crippen LogP contribution in [-0.4, -0.2) is 24.7 Å². The molecule has 0 saturated carbocycles. The largest absolute Gasteiger partial charge is 0.251 e. The van der Waals surface area contributed by atoms with Gasteiger partial charge in [0.15, 0.2) is 0 Å². The first kappa shape index (κ1) is 7.85. The van der Waals surface area contributed by atoms with Crippen LogP contribution in [0.5, 0.6) is 0 Å². The summed E-state index contributed by atoms with van der Waals surface area (Å²) in [5.41, 5.74) is 0. The highest BCUT2D eigenvalue weighted by Crippen LogP contribution is 2.05. The lowest BCUT2D eigenvalue weighted by Crippen LogP contribution is -2.03. The molecule has 2 heterocycles. The zero-order valence-corrected chi connectivity index (χ0v) is 7.47. The van der Waals surface area contributed by atoms with Gasteiger partial charge in [0, 0.05) is 12.4 Å². The molecule has 0 radical (unpaired) electrons. The van der Waals surface area contributed by atoms with Crippen LogP contribution in [0.4, 0.5) is 0 Å². The van der Waals surface area contributed by atoms with Crippen molar-refractivity contribution in [3.8, 4) is 5.95 Å². The number of rotatable bonds is 1. The van der Waals surface area contributed by atoms with Crippen molar-refractivity contribution in [2.24, 2.45) is 0 Å². The molecule has 66 valence electrons. The van der Waals surface area contributed by atoms with Gasteiger partial charge >= 0.3 is 0 Å². The summed E-state index contributed by atoms with van der Waals surface area (Å²) in [6.45, 7) is 3.74. The van der Waals surface area contributed by atoms with Crippen LogP contribution in [0.15, 0.2) is 18.5 Å². The van der Waals surface area contributed by atoms with E-state index < -0.39 is 0 Å².